The van der Waals surface area contributed by atoms with E-state index >= 15 is 0 Å². The lowest BCUT2D eigenvalue weighted by Gasteiger charge is -2.27. The largest absolute Gasteiger partial charge is 0.508 e. The fraction of sp³-hybridized carbons (Fsp3) is 0.250. The molecule has 0 saturated carbocycles. The first-order chi connectivity index (χ1) is 9.63. The van der Waals surface area contributed by atoms with E-state index < -0.39 is 0 Å². The predicted octanol–water partition coefficient (Wildman–Crippen LogP) is 4.67. The Hall–Kier alpha value is -1.74. The zero-order valence-electron chi connectivity index (χ0n) is 10.9. The topological polar surface area (TPSA) is 32.3 Å². The summed E-state index contributed by atoms with van der Waals surface area (Å²) in [6, 6.07) is 9.92. The maximum absolute atomic E-state index is 13.8. The van der Waals surface area contributed by atoms with Gasteiger partial charge in [0, 0.05) is 5.02 Å². The van der Waals surface area contributed by atoms with Crippen LogP contribution >= 0.6 is 11.6 Å². The van der Waals surface area contributed by atoms with E-state index in [9.17, 15) is 9.50 Å². The molecule has 2 N–H and O–H groups in total. The number of rotatable bonds is 2. The molecule has 0 aliphatic heterocycles. The van der Waals surface area contributed by atoms with Crippen LogP contribution in [0.3, 0.4) is 0 Å². The quantitative estimate of drug-likeness (QED) is 0.842. The summed E-state index contributed by atoms with van der Waals surface area (Å²) in [5, 5.41) is 13.3. The van der Waals surface area contributed by atoms with E-state index in [1.165, 1.54) is 12.1 Å². The van der Waals surface area contributed by atoms with Crippen LogP contribution in [0.1, 0.15) is 30.0 Å². The second-order valence-electron chi connectivity index (χ2n) is 5.10. The van der Waals surface area contributed by atoms with Gasteiger partial charge in [-0.2, -0.15) is 0 Å². The maximum Gasteiger partial charge on any atom is 0.146 e. The highest BCUT2D eigenvalue weighted by molar-refractivity contribution is 6.30. The van der Waals surface area contributed by atoms with Gasteiger partial charge in [-0.3, -0.25) is 0 Å². The van der Waals surface area contributed by atoms with Gasteiger partial charge in [0.1, 0.15) is 11.6 Å². The van der Waals surface area contributed by atoms with Crippen molar-refractivity contribution >= 4 is 17.3 Å². The standard InChI is InChI=1S/C16H15ClFNO/c17-11-4-7-14(18)16(9-11)19-15-3-1-2-10-8-12(20)5-6-13(10)15/h4-9,15,19-20H,1-3H2. The van der Waals surface area contributed by atoms with Gasteiger partial charge in [-0.25, -0.2) is 4.39 Å². The zero-order chi connectivity index (χ0) is 14.1. The number of benzene rings is 2. The average molecular weight is 292 g/mol. The van der Waals surface area contributed by atoms with Crippen molar-refractivity contribution in [2.24, 2.45) is 0 Å². The van der Waals surface area contributed by atoms with Crippen molar-refractivity contribution in [1.82, 2.24) is 0 Å². The first kappa shape index (κ1) is 13.3. The van der Waals surface area contributed by atoms with Crippen molar-refractivity contribution in [3.05, 3.63) is 58.4 Å². The van der Waals surface area contributed by atoms with Crippen LogP contribution in [0.4, 0.5) is 10.1 Å². The third-order valence-corrected chi connectivity index (χ3v) is 3.93. The predicted molar refractivity (Wildman–Crippen MR) is 78.8 cm³/mol. The molecular weight excluding hydrogens is 277 g/mol. The molecule has 0 heterocycles. The minimum absolute atomic E-state index is 0.0484. The van der Waals surface area contributed by atoms with Crippen molar-refractivity contribution in [2.75, 3.05) is 5.32 Å². The van der Waals surface area contributed by atoms with E-state index in [0.29, 0.717) is 10.7 Å². The molecule has 1 unspecified atom stereocenters. The van der Waals surface area contributed by atoms with Crippen molar-refractivity contribution in [2.45, 2.75) is 25.3 Å². The Balaban J connectivity index is 1.91. The summed E-state index contributed by atoms with van der Waals surface area (Å²) in [7, 11) is 0. The minimum Gasteiger partial charge on any atom is -0.508 e. The van der Waals surface area contributed by atoms with Gasteiger partial charge in [-0.1, -0.05) is 17.7 Å². The number of aryl methyl sites for hydroxylation is 1. The van der Waals surface area contributed by atoms with Gasteiger partial charge in [-0.05, 0) is 60.7 Å². The van der Waals surface area contributed by atoms with Gasteiger partial charge < -0.3 is 10.4 Å². The number of hydrogen-bond donors (Lipinski definition) is 2. The third kappa shape index (κ3) is 2.59. The van der Waals surface area contributed by atoms with E-state index in [4.69, 9.17) is 11.6 Å². The maximum atomic E-state index is 13.8. The highest BCUT2D eigenvalue weighted by Gasteiger charge is 2.21. The SMILES string of the molecule is Oc1ccc2c(c1)CCCC2Nc1cc(Cl)ccc1F. The summed E-state index contributed by atoms with van der Waals surface area (Å²) in [5.74, 6) is -0.0290. The minimum atomic E-state index is -0.305. The summed E-state index contributed by atoms with van der Waals surface area (Å²) in [4.78, 5) is 0. The van der Waals surface area contributed by atoms with Crippen LogP contribution in [0, 0.1) is 5.82 Å². The summed E-state index contributed by atoms with van der Waals surface area (Å²) >= 11 is 5.92. The number of anilines is 1. The Labute approximate surface area is 122 Å². The van der Waals surface area contributed by atoms with E-state index in [0.717, 1.165) is 30.4 Å². The van der Waals surface area contributed by atoms with Crippen LogP contribution in [0.2, 0.25) is 5.02 Å². The Morgan fingerprint density at radius 1 is 1.20 bits per heavy atom. The molecule has 0 radical (unpaired) electrons. The molecule has 0 aromatic heterocycles. The molecule has 20 heavy (non-hydrogen) atoms. The number of aromatic hydroxyl groups is 1. The van der Waals surface area contributed by atoms with Crippen LogP contribution in [-0.2, 0) is 6.42 Å². The highest BCUT2D eigenvalue weighted by atomic mass is 35.5. The van der Waals surface area contributed by atoms with E-state index in [1.54, 1.807) is 18.2 Å². The molecule has 1 atom stereocenters. The zero-order valence-corrected chi connectivity index (χ0v) is 11.6. The number of fused-ring (bicyclic) bond motifs is 1. The second kappa shape index (κ2) is 5.33. The van der Waals surface area contributed by atoms with Crippen molar-refractivity contribution in [3.63, 3.8) is 0 Å². The van der Waals surface area contributed by atoms with Gasteiger partial charge in [0.15, 0.2) is 0 Å². The first-order valence-electron chi connectivity index (χ1n) is 6.67. The van der Waals surface area contributed by atoms with Gasteiger partial charge in [0.05, 0.1) is 11.7 Å². The van der Waals surface area contributed by atoms with Crippen LogP contribution in [0.25, 0.3) is 0 Å². The Kier molecular flexibility index (Phi) is 3.53. The molecule has 2 aromatic rings. The molecule has 1 aliphatic carbocycles. The molecule has 2 nitrogen and oxygen atoms in total. The van der Waals surface area contributed by atoms with Gasteiger partial charge >= 0.3 is 0 Å². The normalized spacial score (nSPS) is 17.6. The molecule has 0 bridgehead atoms. The molecular formula is C16H15ClFNO. The lowest BCUT2D eigenvalue weighted by atomic mass is 9.87. The van der Waals surface area contributed by atoms with Crippen molar-refractivity contribution < 1.29 is 9.50 Å². The molecule has 1 aliphatic rings. The Morgan fingerprint density at radius 2 is 2.05 bits per heavy atom. The lowest BCUT2D eigenvalue weighted by molar-refractivity contribution is 0.472. The second-order valence-corrected chi connectivity index (χ2v) is 5.53. The number of nitrogens with one attached hydrogen (secondary N) is 1. The van der Waals surface area contributed by atoms with Crippen LogP contribution < -0.4 is 5.32 Å². The molecule has 4 heteroatoms. The monoisotopic (exact) mass is 291 g/mol. The van der Waals surface area contributed by atoms with Gasteiger partial charge in [0.25, 0.3) is 0 Å². The molecule has 0 spiro atoms. The number of phenolic OH excluding ortho intramolecular Hbond substituents is 1. The summed E-state index contributed by atoms with van der Waals surface area (Å²) < 4.78 is 13.8. The van der Waals surface area contributed by atoms with E-state index in [2.05, 4.69) is 5.32 Å². The molecule has 0 amide bonds. The van der Waals surface area contributed by atoms with Crippen molar-refractivity contribution in [3.8, 4) is 5.75 Å². The molecule has 104 valence electrons. The van der Waals surface area contributed by atoms with E-state index in [-0.39, 0.29) is 17.6 Å². The highest BCUT2D eigenvalue weighted by Crippen LogP contribution is 2.35. The van der Waals surface area contributed by atoms with E-state index in [1.807, 2.05) is 6.07 Å². The Bertz CT molecular complexity index is 644. The fourth-order valence-corrected chi connectivity index (χ4v) is 2.92. The first-order valence-corrected chi connectivity index (χ1v) is 7.04. The van der Waals surface area contributed by atoms with Crippen LogP contribution in [0.15, 0.2) is 36.4 Å². The van der Waals surface area contributed by atoms with Gasteiger partial charge in [-0.15, -0.1) is 0 Å². The third-order valence-electron chi connectivity index (χ3n) is 3.70. The van der Waals surface area contributed by atoms with Crippen LogP contribution in [0.5, 0.6) is 5.75 Å². The smallest absolute Gasteiger partial charge is 0.146 e. The lowest BCUT2D eigenvalue weighted by Crippen LogP contribution is -2.17. The number of halogens is 2. The van der Waals surface area contributed by atoms with Crippen molar-refractivity contribution in [1.29, 1.82) is 0 Å². The molecule has 2 aromatic carbocycles. The number of hydrogen-bond acceptors (Lipinski definition) is 2. The summed E-state index contributed by atoms with van der Waals surface area (Å²) in [6.07, 6.45) is 2.89. The number of phenols is 1. The molecule has 0 fully saturated rings. The average Bonchev–Trinajstić information content (AvgIpc) is 2.43. The Morgan fingerprint density at radius 3 is 2.90 bits per heavy atom. The fourth-order valence-electron chi connectivity index (χ4n) is 2.75. The summed E-state index contributed by atoms with van der Waals surface area (Å²) in [5.41, 5.74) is 2.66. The molecule has 0 saturated heterocycles. The molecule has 3 rings (SSSR count). The van der Waals surface area contributed by atoms with Crippen LogP contribution in [-0.4, -0.2) is 5.11 Å². The summed E-state index contributed by atoms with van der Waals surface area (Å²) in [6.45, 7) is 0. The van der Waals surface area contributed by atoms with Gasteiger partial charge in [0.2, 0.25) is 0 Å².